The minimum Gasteiger partial charge on any atom is -0.493 e. The summed E-state index contributed by atoms with van der Waals surface area (Å²) >= 11 is 0. The van der Waals surface area contributed by atoms with Crippen molar-refractivity contribution in [3.8, 4) is 11.8 Å². The van der Waals surface area contributed by atoms with Crippen LogP contribution in [0.3, 0.4) is 0 Å². The van der Waals surface area contributed by atoms with Gasteiger partial charge in [-0.15, -0.1) is 0 Å². The smallest absolute Gasteiger partial charge is 0.411 e. The predicted octanol–water partition coefficient (Wildman–Crippen LogP) is 4.23. The molecule has 0 aliphatic carbocycles. The second-order valence-electron chi connectivity index (χ2n) is 11.3. The highest BCUT2D eigenvalue weighted by atomic mass is 32.2. The van der Waals surface area contributed by atoms with E-state index in [-0.39, 0.29) is 58.2 Å². The van der Waals surface area contributed by atoms with Gasteiger partial charge in [0, 0.05) is 55.7 Å². The number of ether oxygens (including phenoxy) is 2. The van der Waals surface area contributed by atoms with Crippen molar-refractivity contribution in [3.05, 3.63) is 114 Å². The summed E-state index contributed by atoms with van der Waals surface area (Å²) in [5.74, 6) is -0.201. The Balaban J connectivity index is 1.37. The molecule has 246 valence electrons. The summed E-state index contributed by atoms with van der Waals surface area (Å²) in [5.41, 5.74) is -2.00. The van der Waals surface area contributed by atoms with Crippen LogP contribution in [0.15, 0.2) is 102 Å². The molecule has 0 radical (unpaired) electrons. The SMILES string of the molecule is CCOc1ccccc1C1(OC(=O)N2CCN(c3cnccn3)CC2)C(=O)N(S(=O)(=O)c2cccc3cccnc23)c2ccc(C#N)cc21. The lowest BCUT2D eigenvalue weighted by atomic mass is 9.85. The van der Waals surface area contributed by atoms with Gasteiger partial charge in [0.15, 0.2) is 0 Å². The van der Waals surface area contributed by atoms with E-state index in [1.54, 1.807) is 74.0 Å². The fourth-order valence-corrected chi connectivity index (χ4v) is 7.90. The standard InChI is InChI=1S/C35H29N7O6S/c1-2-47-29-10-4-3-9-26(29)35(48-34(44)41-19-17-40(18-20-41)31-23-37-15-16-38-31)27-21-24(22-36)12-13-28(27)42(33(35)43)49(45,46)30-11-5-7-25-8-6-14-39-32(25)30/h3-16,21,23H,2,17-20H2,1H3. The molecule has 49 heavy (non-hydrogen) atoms. The molecule has 5 aromatic rings. The van der Waals surface area contributed by atoms with E-state index in [1.165, 1.54) is 35.4 Å². The number of carbonyl (C=O) groups is 2. The number of benzene rings is 3. The van der Waals surface area contributed by atoms with Crippen LogP contribution in [-0.4, -0.2) is 73.1 Å². The van der Waals surface area contributed by atoms with Crippen molar-refractivity contribution in [2.75, 3.05) is 42.0 Å². The van der Waals surface area contributed by atoms with Crippen LogP contribution in [0.1, 0.15) is 23.6 Å². The number of aromatic nitrogens is 3. The molecule has 0 bridgehead atoms. The highest BCUT2D eigenvalue weighted by Gasteiger charge is 2.61. The Morgan fingerprint density at radius 2 is 1.73 bits per heavy atom. The number of anilines is 2. The summed E-state index contributed by atoms with van der Waals surface area (Å²) in [6, 6.07) is 20.8. The van der Waals surface area contributed by atoms with Gasteiger partial charge in [-0.25, -0.2) is 18.2 Å². The number of sulfonamides is 1. The van der Waals surface area contributed by atoms with Gasteiger partial charge in [0.25, 0.3) is 15.9 Å². The molecule has 2 aliphatic rings. The van der Waals surface area contributed by atoms with Crippen molar-refractivity contribution in [3.63, 3.8) is 0 Å². The van der Waals surface area contributed by atoms with Gasteiger partial charge in [0.1, 0.15) is 16.5 Å². The highest BCUT2D eigenvalue weighted by molar-refractivity contribution is 7.93. The van der Waals surface area contributed by atoms with E-state index in [1.807, 2.05) is 4.90 Å². The molecule has 1 saturated heterocycles. The average Bonchev–Trinajstić information content (AvgIpc) is 3.39. The molecule has 2 amide bonds. The van der Waals surface area contributed by atoms with Crippen molar-refractivity contribution in [2.24, 2.45) is 0 Å². The number of hydrogen-bond donors (Lipinski definition) is 0. The Bertz CT molecular complexity index is 2230. The molecule has 4 heterocycles. The Labute approximate surface area is 282 Å². The van der Waals surface area contributed by atoms with Crippen molar-refractivity contribution < 1.29 is 27.5 Å². The van der Waals surface area contributed by atoms with Crippen LogP contribution >= 0.6 is 0 Å². The summed E-state index contributed by atoms with van der Waals surface area (Å²) < 4.78 is 42.2. The molecule has 3 aromatic carbocycles. The number of nitrogens with zero attached hydrogens (tertiary/aromatic N) is 7. The molecule has 0 spiro atoms. The third kappa shape index (κ3) is 5.24. The average molecular weight is 676 g/mol. The largest absolute Gasteiger partial charge is 0.493 e. The molecule has 2 aromatic heterocycles. The first kappa shape index (κ1) is 31.5. The number of para-hydroxylation sites is 2. The maximum Gasteiger partial charge on any atom is 0.411 e. The first-order chi connectivity index (χ1) is 23.8. The first-order valence-corrected chi connectivity index (χ1v) is 16.9. The molecule has 13 nitrogen and oxygen atoms in total. The zero-order chi connectivity index (χ0) is 34.2. The van der Waals surface area contributed by atoms with Gasteiger partial charge in [0.05, 0.1) is 41.2 Å². The monoisotopic (exact) mass is 675 g/mol. The van der Waals surface area contributed by atoms with E-state index in [9.17, 15) is 18.5 Å². The third-order valence-corrected chi connectivity index (χ3v) is 10.3. The minimum absolute atomic E-state index is 0.00650. The number of hydrogen-bond acceptors (Lipinski definition) is 11. The number of amides is 2. The lowest BCUT2D eigenvalue weighted by molar-refractivity contribution is -0.132. The Morgan fingerprint density at radius 3 is 2.49 bits per heavy atom. The Morgan fingerprint density at radius 1 is 0.939 bits per heavy atom. The van der Waals surface area contributed by atoms with Gasteiger partial charge in [-0.3, -0.25) is 14.8 Å². The topological polar surface area (TPSA) is 159 Å². The molecule has 1 fully saturated rings. The molecule has 14 heteroatoms. The molecular formula is C35H29N7O6S. The molecule has 1 atom stereocenters. The van der Waals surface area contributed by atoms with Crippen molar-refractivity contribution >= 4 is 44.4 Å². The normalized spacial score (nSPS) is 17.5. The zero-order valence-corrected chi connectivity index (χ0v) is 27.1. The maximum absolute atomic E-state index is 15.1. The van der Waals surface area contributed by atoms with Gasteiger partial charge < -0.3 is 19.3 Å². The van der Waals surface area contributed by atoms with E-state index in [0.29, 0.717) is 28.6 Å². The number of nitriles is 1. The summed E-state index contributed by atoms with van der Waals surface area (Å²) in [6.07, 6.45) is 5.41. The van der Waals surface area contributed by atoms with Gasteiger partial charge in [-0.1, -0.05) is 36.4 Å². The number of fused-ring (bicyclic) bond motifs is 2. The van der Waals surface area contributed by atoms with Crippen molar-refractivity contribution in [2.45, 2.75) is 17.4 Å². The van der Waals surface area contributed by atoms with Gasteiger partial charge in [0.2, 0.25) is 5.60 Å². The van der Waals surface area contributed by atoms with Crippen LogP contribution in [0.4, 0.5) is 16.3 Å². The Kier molecular flexibility index (Phi) is 8.05. The van der Waals surface area contributed by atoms with Crippen LogP contribution < -0.4 is 13.9 Å². The van der Waals surface area contributed by atoms with E-state index < -0.39 is 27.6 Å². The van der Waals surface area contributed by atoms with Gasteiger partial charge in [-0.2, -0.15) is 9.57 Å². The second-order valence-corrected chi connectivity index (χ2v) is 13.0. The van der Waals surface area contributed by atoms with Crippen molar-refractivity contribution in [1.82, 2.24) is 19.9 Å². The molecule has 1 unspecified atom stereocenters. The van der Waals surface area contributed by atoms with E-state index in [0.717, 1.165) is 0 Å². The van der Waals surface area contributed by atoms with E-state index in [2.05, 4.69) is 21.0 Å². The number of carbonyl (C=O) groups excluding carboxylic acids is 2. The minimum atomic E-state index is -4.68. The van der Waals surface area contributed by atoms with Crippen LogP contribution in [-0.2, 0) is 25.2 Å². The molecular weight excluding hydrogens is 646 g/mol. The highest BCUT2D eigenvalue weighted by Crippen LogP contribution is 2.52. The third-order valence-electron chi connectivity index (χ3n) is 8.54. The zero-order valence-electron chi connectivity index (χ0n) is 26.3. The molecule has 7 rings (SSSR count). The second kappa shape index (κ2) is 12.5. The maximum atomic E-state index is 15.1. The number of pyridine rings is 1. The van der Waals surface area contributed by atoms with Gasteiger partial charge in [-0.05, 0) is 43.3 Å². The van der Waals surface area contributed by atoms with Crippen LogP contribution in [0.5, 0.6) is 5.75 Å². The summed E-state index contributed by atoms with van der Waals surface area (Å²) in [5, 5.41) is 10.5. The predicted molar refractivity (Wildman–Crippen MR) is 178 cm³/mol. The fourth-order valence-electron chi connectivity index (χ4n) is 6.27. The van der Waals surface area contributed by atoms with Gasteiger partial charge >= 0.3 is 6.09 Å². The van der Waals surface area contributed by atoms with Crippen molar-refractivity contribution in [1.29, 1.82) is 5.26 Å². The van der Waals surface area contributed by atoms with Crippen LogP contribution in [0.25, 0.3) is 10.9 Å². The van der Waals surface area contributed by atoms with Crippen LogP contribution in [0, 0.1) is 11.3 Å². The number of rotatable bonds is 7. The summed E-state index contributed by atoms with van der Waals surface area (Å²) in [7, 11) is -4.68. The quantitative estimate of drug-likeness (QED) is 0.243. The van der Waals surface area contributed by atoms with E-state index in [4.69, 9.17) is 9.47 Å². The molecule has 0 N–H and O–H groups in total. The first-order valence-electron chi connectivity index (χ1n) is 15.5. The lowest BCUT2D eigenvalue weighted by Crippen LogP contribution is -2.53. The molecule has 2 aliphatic heterocycles. The molecule has 0 saturated carbocycles. The summed E-state index contributed by atoms with van der Waals surface area (Å²) in [6.45, 7) is 3.23. The Hall–Kier alpha value is -6.07. The number of piperazine rings is 1. The lowest BCUT2D eigenvalue weighted by Gasteiger charge is -2.37. The van der Waals surface area contributed by atoms with E-state index >= 15 is 4.79 Å². The fraction of sp³-hybridized carbons (Fsp3) is 0.200. The van der Waals surface area contributed by atoms with Crippen LogP contribution in [0.2, 0.25) is 0 Å². The summed E-state index contributed by atoms with van der Waals surface area (Å²) in [4.78, 5) is 45.3.